The first-order valence-corrected chi connectivity index (χ1v) is 9.87. The highest BCUT2D eigenvalue weighted by atomic mass is 16.5. The molecule has 0 spiro atoms. The third kappa shape index (κ3) is 5.77. The van der Waals surface area contributed by atoms with E-state index in [-0.39, 0.29) is 11.9 Å². The summed E-state index contributed by atoms with van der Waals surface area (Å²) < 4.78 is 5.45. The summed E-state index contributed by atoms with van der Waals surface area (Å²) in [5.41, 5.74) is 1.05. The van der Waals surface area contributed by atoms with Crippen LogP contribution in [0.2, 0.25) is 0 Å². The Morgan fingerprint density at radius 2 is 2.30 bits per heavy atom. The summed E-state index contributed by atoms with van der Waals surface area (Å²) in [6, 6.07) is 5.89. The Kier molecular flexibility index (Phi) is 6.79. The fourth-order valence-corrected chi connectivity index (χ4v) is 3.37. The lowest BCUT2D eigenvalue weighted by Crippen LogP contribution is -2.45. The van der Waals surface area contributed by atoms with Crippen LogP contribution >= 0.6 is 0 Å². The number of amides is 2. The smallest absolute Gasteiger partial charge is 0.317 e. The zero-order chi connectivity index (χ0) is 19.1. The number of carbonyl (C=O) groups excluding carboxylic acids is 1. The predicted octanol–water partition coefficient (Wildman–Crippen LogP) is 3.18. The van der Waals surface area contributed by atoms with E-state index in [9.17, 15) is 4.79 Å². The Morgan fingerprint density at radius 1 is 1.41 bits per heavy atom. The third-order valence-corrected chi connectivity index (χ3v) is 4.74. The molecule has 3 heterocycles. The van der Waals surface area contributed by atoms with Crippen LogP contribution in [0.3, 0.4) is 0 Å². The van der Waals surface area contributed by atoms with Crippen molar-refractivity contribution in [1.29, 1.82) is 0 Å². The van der Waals surface area contributed by atoms with Crippen molar-refractivity contribution in [2.75, 3.05) is 19.6 Å². The average molecular weight is 371 g/mol. The second kappa shape index (κ2) is 9.48. The number of pyridine rings is 1. The first-order valence-electron chi connectivity index (χ1n) is 9.87. The molecule has 1 aliphatic rings. The molecule has 2 aromatic heterocycles. The fraction of sp³-hybridized carbons (Fsp3) is 0.600. The second-order valence-corrected chi connectivity index (χ2v) is 7.59. The number of hydrogen-bond donors (Lipinski definition) is 1. The molecule has 1 N–H and O–H groups in total. The van der Waals surface area contributed by atoms with Gasteiger partial charge in [-0.2, -0.15) is 4.98 Å². The van der Waals surface area contributed by atoms with Gasteiger partial charge in [0.2, 0.25) is 5.89 Å². The molecule has 7 heteroatoms. The summed E-state index contributed by atoms with van der Waals surface area (Å²) in [7, 11) is 0. The molecule has 146 valence electrons. The number of hydrogen-bond acceptors (Lipinski definition) is 5. The van der Waals surface area contributed by atoms with E-state index in [1.54, 1.807) is 6.20 Å². The molecule has 2 aromatic rings. The van der Waals surface area contributed by atoms with Gasteiger partial charge < -0.3 is 14.7 Å². The molecule has 0 saturated carbocycles. The van der Waals surface area contributed by atoms with Crippen LogP contribution in [0.1, 0.15) is 56.4 Å². The van der Waals surface area contributed by atoms with Gasteiger partial charge in [-0.3, -0.25) is 4.98 Å². The van der Waals surface area contributed by atoms with Gasteiger partial charge in [-0.25, -0.2) is 4.79 Å². The molecule has 0 aromatic carbocycles. The lowest BCUT2D eigenvalue weighted by Gasteiger charge is -2.31. The SMILES string of the molecule is CC(C)Cc1noc([C@@H]2CCCN(C(=O)NCCCc3ccccn3)C2)n1. The number of aryl methyl sites for hydroxylation is 1. The molecule has 1 atom stereocenters. The summed E-state index contributed by atoms with van der Waals surface area (Å²) in [5, 5.41) is 7.10. The normalized spacial score (nSPS) is 17.3. The molecule has 0 unspecified atom stereocenters. The van der Waals surface area contributed by atoms with E-state index in [0.717, 1.165) is 50.2 Å². The highest BCUT2D eigenvalue weighted by Crippen LogP contribution is 2.26. The molecule has 1 aliphatic heterocycles. The summed E-state index contributed by atoms with van der Waals surface area (Å²) in [6.07, 6.45) is 6.29. The van der Waals surface area contributed by atoms with Gasteiger partial charge in [0.05, 0.1) is 5.92 Å². The van der Waals surface area contributed by atoms with E-state index >= 15 is 0 Å². The van der Waals surface area contributed by atoms with Crippen molar-refractivity contribution in [2.24, 2.45) is 5.92 Å². The standard InChI is InChI=1S/C20H29N5O2/c1-15(2)13-18-23-19(27-24-18)16-7-6-12-25(14-16)20(26)22-11-5-9-17-8-3-4-10-21-17/h3-4,8,10,15-16H,5-7,9,11-14H2,1-2H3,(H,22,26)/t16-/m1/s1. The number of piperidine rings is 1. The van der Waals surface area contributed by atoms with Gasteiger partial charge in [-0.15, -0.1) is 0 Å². The number of carbonyl (C=O) groups is 1. The Labute approximate surface area is 160 Å². The van der Waals surface area contributed by atoms with Crippen LogP contribution in [0.25, 0.3) is 0 Å². The van der Waals surface area contributed by atoms with Gasteiger partial charge in [0.1, 0.15) is 0 Å². The summed E-state index contributed by atoms with van der Waals surface area (Å²) in [6.45, 7) is 6.33. The quantitative estimate of drug-likeness (QED) is 0.756. The fourth-order valence-electron chi connectivity index (χ4n) is 3.37. The predicted molar refractivity (Wildman–Crippen MR) is 102 cm³/mol. The molecular formula is C20H29N5O2. The Morgan fingerprint density at radius 3 is 3.07 bits per heavy atom. The van der Waals surface area contributed by atoms with Gasteiger partial charge in [0.15, 0.2) is 5.82 Å². The van der Waals surface area contributed by atoms with E-state index in [1.165, 1.54) is 0 Å². The van der Waals surface area contributed by atoms with Gasteiger partial charge >= 0.3 is 6.03 Å². The molecule has 27 heavy (non-hydrogen) atoms. The lowest BCUT2D eigenvalue weighted by atomic mass is 9.98. The van der Waals surface area contributed by atoms with E-state index in [4.69, 9.17) is 4.52 Å². The number of urea groups is 1. The number of rotatable bonds is 7. The minimum absolute atomic E-state index is 0.0114. The maximum absolute atomic E-state index is 12.5. The van der Waals surface area contributed by atoms with E-state index in [2.05, 4.69) is 34.3 Å². The van der Waals surface area contributed by atoms with Crippen molar-refractivity contribution in [3.8, 4) is 0 Å². The minimum Gasteiger partial charge on any atom is -0.339 e. The highest BCUT2D eigenvalue weighted by molar-refractivity contribution is 5.74. The van der Waals surface area contributed by atoms with E-state index in [1.807, 2.05) is 23.1 Å². The van der Waals surface area contributed by atoms with Crippen LogP contribution in [-0.2, 0) is 12.8 Å². The number of likely N-dealkylation sites (tertiary alicyclic amines) is 1. The summed E-state index contributed by atoms with van der Waals surface area (Å²) in [4.78, 5) is 23.2. The van der Waals surface area contributed by atoms with E-state index < -0.39 is 0 Å². The summed E-state index contributed by atoms with van der Waals surface area (Å²) in [5.74, 6) is 2.05. The monoisotopic (exact) mass is 371 g/mol. The minimum atomic E-state index is -0.0114. The van der Waals surface area contributed by atoms with Gasteiger partial charge in [0.25, 0.3) is 0 Å². The van der Waals surface area contributed by atoms with Crippen LogP contribution in [0, 0.1) is 5.92 Å². The van der Waals surface area contributed by atoms with Crippen molar-refractivity contribution in [3.05, 3.63) is 41.8 Å². The number of nitrogens with zero attached hydrogens (tertiary/aromatic N) is 4. The van der Waals surface area contributed by atoms with Crippen LogP contribution in [0.5, 0.6) is 0 Å². The topological polar surface area (TPSA) is 84.2 Å². The molecule has 2 amide bonds. The Bertz CT molecular complexity index is 716. The zero-order valence-electron chi connectivity index (χ0n) is 16.2. The first-order chi connectivity index (χ1) is 13.1. The molecule has 1 fully saturated rings. The average Bonchev–Trinajstić information content (AvgIpc) is 3.14. The van der Waals surface area contributed by atoms with E-state index in [0.29, 0.717) is 24.9 Å². The van der Waals surface area contributed by atoms with Crippen molar-refractivity contribution in [2.45, 2.75) is 51.9 Å². The zero-order valence-corrected chi connectivity index (χ0v) is 16.2. The van der Waals surface area contributed by atoms with Crippen LogP contribution in [0.4, 0.5) is 4.79 Å². The molecule has 7 nitrogen and oxygen atoms in total. The third-order valence-electron chi connectivity index (χ3n) is 4.74. The Hall–Kier alpha value is -2.44. The van der Waals surface area contributed by atoms with Gasteiger partial charge in [-0.05, 0) is 43.7 Å². The number of aromatic nitrogens is 3. The largest absolute Gasteiger partial charge is 0.339 e. The van der Waals surface area contributed by atoms with Crippen LogP contribution in [-0.4, -0.2) is 45.7 Å². The van der Waals surface area contributed by atoms with Crippen molar-refractivity contribution in [1.82, 2.24) is 25.3 Å². The first kappa shape index (κ1) is 19.3. The molecule has 3 rings (SSSR count). The molecule has 0 aliphatic carbocycles. The van der Waals surface area contributed by atoms with Gasteiger partial charge in [0, 0.05) is 37.9 Å². The van der Waals surface area contributed by atoms with Crippen molar-refractivity contribution in [3.63, 3.8) is 0 Å². The van der Waals surface area contributed by atoms with Crippen LogP contribution < -0.4 is 5.32 Å². The molecule has 1 saturated heterocycles. The number of nitrogens with one attached hydrogen (secondary N) is 1. The van der Waals surface area contributed by atoms with Gasteiger partial charge in [-0.1, -0.05) is 25.1 Å². The molecular weight excluding hydrogens is 342 g/mol. The summed E-state index contributed by atoms with van der Waals surface area (Å²) >= 11 is 0. The Balaban J connectivity index is 1.44. The van der Waals surface area contributed by atoms with Crippen molar-refractivity contribution < 1.29 is 9.32 Å². The van der Waals surface area contributed by atoms with Crippen LogP contribution in [0.15, 0.2) is 28.9 Å². The maximum atomic E-state index is 12.5. The highest BCUT2D eigenvalue weighted by Gasteiger charge is 2.28. The maximum Gasteiger partial charge on any atom is 0.317 e. The second-order valence-electron chi connectivity index (χ2n) is 7.59. The molecule has 0 radical (unpaired) electrons. The van der Waals surface area contributed by atoms with Crippen molar-refractivity contribution >= 4 is 6.03 Å². The molecule has 0 bridgehead atoms. The lowest BCUT2D eigenvalue weighted by molar-refractivity contribution is 0.172.